The van der Waals surface area contributed by atoms with Gasteiger partial charge < -0.3 is 10.2 Å². The topological polar surface area (TPSA) is 41.1 Å². The Morgan fingerprint density at radius 2 is 1.78 bits per heavy atom. The number of aryl methyl sites for hydroxylation is 3. The minimum Gasteiger partial charge on any atom is -0.356 e. The Morgan fingerprint density at radius 3 is 2.48 bits per heavy atom. The van der Waals surface area contributed by atoms with Crippen molar-refractivity contribution in [2.45, 2.75) is 40.5 Å². The van der Waals surface area contributed by atoms with Gasteiger partial charge in [0.2, 0.25) is 5.95 Å². The van der Waals surface area contributed by atoms with Gasteiger partial charge in [-0.05, 0) is 51.2 Å². The second kappa shape index (κ2) is 6.57. The molecule has 0 aliphatic carbocycles. The van der Waals surface area contributed by atoms with E-state index in [2.05, 4.69) is 60.2 Å². The molecule has 0 spiro atoms. The fourth-order valence-electron chi connectivity index (χ4n) is 3.08. The summed E-state index contributed by atoms with van der Waals surface area (Å²) in [5, 5.41) is 3.38. The van der Waals surface area contributed by atoms with E-state index >= 15 is 0 Å². The third-order valence-electron chi connectivity index (χ3n) is 4.58. The number of nitrogens with zero attached hydrogens (tertiary/aromatic N) is 3. The van der Waals surface area contributed by atoms with Gasteiger partial charge in [0.15, 0.2) is 0 Å². The first-order valence-electron chi connectivity index (χ1n) is 8.46. The molecule has 2 aromatic rings. The van der Waals surface area contributed by atoms with Crippen molar-refractivity contribution in [2.24, 2.45) is 5.92 Å². The number of piperidine rings is 1. The Hall–Kier alpha value is -2.10. The van der Waals surface area contributed by atoms with Gasteiger partial charge in [-0.1, -0.05) is 24.6 Å². The van der Waals surface area contributed by atoms with Crippen LogP contribution in [0.4, 0.5) is 17.5 Å². The molecule has 0 bridgehead atoms. The molecule has 0 radical (unpaired) electrons. The minimum atomic E-state index is 0.686. The Bertz CT molecular complexity index is 688. The quantitative estimate of drug-likeness (QED) is 0.913. The summed E-state index contributed by atoms with van der Waals surface area (Å²) >= 11 is 0. The van der Waals surface area contributed by atoms with E-state index in [0.717, 1.165) is 36.2 Å². The first-order valence-corrected chi connectivity index (χ1v) is 8.46. The number of hydrogen-bond donors (Lipinski definition) is 1. The predicted molar refractivity (Wildman–Crippen MR) is 96.6 cm³/mol. The van der Waals surface area contributed by atoms with Gasteiger partial charge >= 0.3 is 0 Å². The molecular formula is C19H26N4. The largest absolute Gasteiger partial charge is 0.356 e. The summed E-state index contributed by atoms with van der Waals surface area (Å²) in [7, 11) is 0. The average Bonchev–Trinajstić information content (AvgIpc) is 2.50. The second-order valence-corrected chi connectivity index (χ2v) is 6.80. The van der Waals surface area contributed by atoms with Crippen LogP contribution in [0.2, 0.25) is 0 Å². The summed E-state index contributed by atoms with van der Waals surface area (Å²) in [4.78, 5) is 11.7. The van der Waals surface area contributed by atoms with Gasteiger partial charge in [0.05, 0.1) is 0 Å². The van der Waals surface area contributed by atoms with Crippen molar-refractivity contribution < 1.29 is 0 Å². The van der Waals surface area contributed by atoms with Gasteiger partial charge in [0.25, 0.3) is 0 Å². The molecule has 1 aromatic heterocycles. The van der Waals surface area contributed by atoms with Crippen molar-refractivity contribution >= 4 is 17.5 Å². The third-order valence-corrected chi connectivity index (χ3v) is 4.58. The molecule has 1 aliphatic rings. The number of hydrogen-bond acceptors (Lipinski definition) is 4. The number of benzene rings is 1. The van der Waals surface area contributed by atoms with Crippen LogP contribution in [0.5, 0.6) is 0 Å². The fraction of sp³-hybridized carbons (Fsp3) is 0.474. The average molecular weight is 310 g/mol. The number of anilines is 3. The van der Waals surface area contributed by atoms with E-state index in [1.807, 2.05) is 6.92 Å². The molecule has 1 fully saturated rings. The van der Waals surface area contributed by atoms with Crippen LogP contribution in [0, 0.1) is 26.7 Å². The van der Waals surface area contributed by atoms with E-state index < -0.39 is 0 Å². The zero-order valence-electron chi connectivity index (χ0n) is 14.6. The predicted octanol–water partition coefficient (Wildman–Crippen LogP) is 4.38. The number of nitrogens with one attached hydrogen (secondary N) is 1. The van der Waals surface area contributed by atoms with Crippen LogP contribution in [0.15, 0.2) is 24.3 Å². The fourth-order valence-corrected chi connectivity index (χ4v) is 3.08. The van der Waals surface area contributed by atoms with Gasteiger partial charge in [0, 0.05) is 30.5 Å². The summed E-state index contributed by atoms with van der Waals surface area (Å²) in [6.45, 7) is 10.7. The Balaban J connectivity index is 1.82. The Morgan fingerprint density at radius 1 is 1.04 bits per heavy atom. The molecule has 4 nitrogen and oxygen atoms in total. The first-order chi connectivity index (χ1) is 11.0. The van der Waals surface area contributed by atoms with Crippen molar-refractivity contribution in [2.75, 3.05) is 23.3 Å². The summed E-state index contributed by atoms with van der Waals surface area (Å²) < 4.78 is 0. The van der Waals surface area contributed by atoms with Gasteiger partial charge in [0.1, 0.15) is 5.82 Å². The van der Waals surface area contributed by atoms with Crippen molar-refractivity contribution in [3.05, 3.63) is 41.1 Å². The van der Waals surface area contributed by atoms with Crippen LogP contribution in [-0.2, 0) is 0 Å². The van der Waals surface area contributed by atoms with Gasteiger partial charge in [-0.3, -0.25) is 0 Å². The molecule has 0 unspecified atom stereocenters. The zero-order chi connectivity index (χ0) is 16.4. The maximum Gasteiger partial charge on any atom is 0.229 e. The van der Waals surface area contributed by atoms with Crippen molar-refractivity contribution in [3.8, 4) is 0 Å². The second-order valence-electron chi connectivity index (χ2n) is 6.80. The summed E-state index contributed by atoms with van der Waals surface area (Å²) in [6, 6.07) is 8.46. The molecule has 0 atom stereocenters. The Labute approximate surface area is 139 Å². The van der Waals surface area contributed by atoms with Crippen LogP contribution >= 0.6 is 0 Å². The maximum atomic E-state index is 4.74. The van der Waals surface area contributed by atoms with Crippen molar-refractivity contribution in [1.82, 2.24) is 9.97 Å². The molecular weight excluding hydrogens is 284 g/mol. The lowest BCUT2D eigenvalue weighted by atomic mass is 9.99. The highest BCUT2D eigenvalue weighted by Crippen LogP contribution is 2.25. The highest BCUT2D eigenvalue weighted by Gasteiger charge is 2.18. The van der Waals surface area contributed by atoms with Crippen LogP contribution in [0.25, 0.3) is 0 Å². The molecule has 1 aromatic carbocycles. The zero-order valence-corrected chi connectivity index (χ0v) is 14.6. The lowest BCUT2D eigenvalue weighted by Gasteiger charge is -2.31. The molecule has 0 amide bonds. The van der Waals surface area contributed by atoms with E-state index in [1.54, 1.807) is 0 Å². The summed E-state index contributed by atoms with van der Waals surface area (Å²) in [5.74, 6) is 2.55. The van der Waals surface area contributed by atoms with Crippen LogP contribution in [0.3, 0.4) is 0 Å². The van der Waals surface area contributed by atoms with Crippen LogP contribution < -0.4 is 10.2 Å². The smallest absolute Gasteiger partial charge is 0.229 e. The van der Waals surface area contributed by atoms with E-state index in [9.17, 15) is 0 Å². The monoisotopic (exact) mass is 310 g/mol. The molecule has 1 saturated heterocycles. The van der Waals surface area contributed by atoms with Crippen LogP contribution in [-0.4, -0.2) is 23.1 Å². The van der Waals surface area contributed by atoms with Crippen molar-refractivity contribution in [3.63, 3.8) is 0 Å². The lowest BCUT2D eigenvalue weighted by Crippen LogP contribution is -2.33. The van der Waals surface area contributed by atoms with Crippen LogP contribution in [0.1, 0.15) is 36.6 Å². The lowest BCUT2D eigenvalue weighted by molar-refractivity contribution is 0.436. The molecule has 1 N–H and O–H groups in total. The highest BCUT2D eigenvalue weighted by atomic mass is 15.2. The van der Waals surface area contributed by atoms with E-state index in [1.165, 1.54) is 24.0 Å². The summed E-state index contributed by atoms with van der Waals surface area (Å²) in [6.07, 6.45) is 2.48. The third kappa shape index (κ3) is 3.81. The number of rotatable bonds is 3. The summed E-state index contributed by atoms with van der Waals surface area (Å²) in [5.41, 5.74) is 4.55. The Kier molecular flexibility index (Phi) is 4.51. The SMILES string of the molecule is Cc1ccc(Nc2nc(C)cc(N3CCC(C)CC3)n2)c(C)c1. The normalized spacial score (nSPS) is 15.7. The first kappa shape index (κ1) is 15.8. The molecule has 2 heterocycles. The highest BCUT2D eigenvalue weighted by molar-refractivity contribution is 5.60. The molecule has 0 saturated carbocycles. The van der Waals surface area contributed by atoms with Gasteiger partial charge in [-0.2, -0.15) is 4.98 Å². The van der Waals surface area contributed by atoms with Gasteiger partial charge in [-0.25, -0.2) is 4.98 Å². The molecule has 1 aliphatic heterocycles. The molecule has 122 valence electrons. The molecule has 4 heteroatoms. The number of aromatic nitrogens is 2. The molecule has 3 rings (SSSR count). The minimum absolute atomic E-state index is 0.686. The van der Waals surface area contributed by atoms with Crippen molar-refractivity contribution in [1.29, 1.82) is 0 Å². The van der Waals surface area contributed by atoms with Gasteiger partial charge in [-0.15, -0.1) is 0 Å². The molecule has 23 heavy (non-hydrogen) atoms. The van der Waals surface area contributed by atoms with E-state index in [0.29, 0.717) is 5.95 Å². The van der Waals surface area contributed by atoms with E-state index in [-0.39, 0.29) is 0 Å². The van der Waals surface area contributed by atoms with E-state index in [4.69, 9.17) is 4.98 Å². The maximum absolute atomic E-state index is 4.74. The standard InChI is InChI=1S/C19H26N4/c1-13-7-9-23(10-8-13)18-12-16(4)20-19(22-18)21-17-6-5-14(2)11-15(17)3/h5-6,11-13H,7-10H2,1-4H3,(H,20,21,22).